The molecule has 0 radical (unpaired) electrons. The molecule has 12 nitrogen and oxygen atoms in total. The van der Waals surface area contributed by atoms with Crippen LogP contribution >= 0.6 is 22.6 Å². The van der Waals surface area contributed by atoms with Crippen molar-refractivity contribution >= 4 is 74.7 Å². The minimum Gasteiger partial charge on any atom is -0.480 e. The predicted octanol–water partition coefficient (Wildman–Crippen LogP) is 9.04. The Morgan fingerprint density at radius 2 is 1.12 bits per heavy atom. The Balaban J connectivity index is 0.000000266. The van der Waals surface area contributed by atoms with Gasteiger partial charge in [0, 0.05) is 40.0 Å². The van der Waals surface area contributed by atoms with Gasteiger partial charge in [0.15, 0.2) is 5.82 Å². The second-order valence-corrected chi connectivity index (χ2v) is 26.7. The Morgan fingerprint density at radius 1 is 0.735 bits per heavy atom. The first-order valence-electron chi connectivity index (χ1n) is 22.7. The fourth-order valence-corrected chi connectivity index (χ4v) is 8.36. The van der Waals surface area contributed by atoms with Crippen LogP contribution in [0.2, 0.25) is 32.7 Å². The molecule has 2 fully saturated rings. The van der Waals surface area contributed by atoms with E-state index < -0.39 is 16.9 Å². The van der Waals surface area contributed by atoms with Crippen LogP contribution in [0.25, 0.3) is 0 Å². The number of nitrogens with zero attached hydrogens (tertiary/aromatic N) is 4. The Bertz CT molecular complexity index is 2490. The number of terminal acetylenes is 1. The smallest absolute Gasteiger partial charge is 0.259 e. The Hall–Kier alpha value is -5.64. The second-order valence-electron chi connectivity index (χ2n) is 18.1. The second kappa shape index (κ2) is 26.2. The molecule has 17 heteroatoms. The number of methoxy groups -OCH3 is 2. The van der Waals surface area contributed by atoms with Crippen LogP contribution in [0.5, 0.6) is 11.8 Å². The van der Waals surface area contributed by atoms with E-state index in [0.29, 0.717) is 69.9 Å². The third-order valence-corrected chi connectivity index (χ3v) is 13.4. The van der Waals surface area contributed by atoms with Gasteiger partial charge in [0.2, 0.25) is 23.6 Å². The number of benzene rings is 2. The van der Waals surface area contributed by atoms with Crippen molar-refractivity contribution in [2.75, 3.05) is 51.0 Å². The van der Waals surface area contributed by atoms with Crippen LogP contribution in [0.15, 0.2) is 60.7 Å². The molecule has 362 valence electrons. The van der Waals surface area contributed by atoms with Crippen molar-refractivity contribution in [3.63, 3.8) is 0 Å². The summed E-state index contributed by atoms with van der Waals surface area (Å²) in [5.74, 6) is 3.81. The average molecular weight is 1080 g/mol. The van der Waals surface area contributed by atoms with E-state index in [1.54, 1.807) is 12.1 Å². The Kier molecular flexibility index (Phi) is 21.2. The zero-order valence-electron chi connectivity index (χ0n) is 40.5. The first-order valence-corrected chi connectivity index (χ1v) is 30.1. The highest BCUT2D eigenvalue weighted by molar-refractivity contribution is 14.1. The van der Waals surface area contributed by atoms with E-state index in [4.69, 9.17) is 15.9 Å². The summed E-state index contributed by atoms with van der Waals surface area (Å²) in [7, 11) is 0.637. The van der Waals surface area contributed by atoms with Crippen LogP contribution in [-0.2, 0) is 22.4 Å². The summed E-state index contributed by atoms with van der Waals surface area (Å²) in [5, 5.41) is 5.32. The quantitative estimate of drug-likeness (QED) is 0.0911. The zero-order chi connectivity index (χ0) is 50.1. The van der Waals surface area contributed by atoms with E-state index in [9.17, 15) is 28.0 Å². The molecule has 0 aliphatic carbocycles. The molecule has 2 aromatic heterocycles. The molecular formula is C51H63F2IN6O6Si2. The molecule has 6 rings (SSSR count). The van der Waals surface area contributed by atoms with Crippen LogP contribution in [0.4, 0.5) is 20.4 Å². The number of hydrogen-bond donors (Lipinski definition) is 2. The average Bonchev–Trinajstić information content (AvgIpc) is 3.30. The molecule has 2 aliphatic rings. The van der Waals surface area contributed by atoms with Crippen molar-refractivity contribution in [3.8, 4) is 35.2 Å². The number of halogens is 3. The summed E-state index contributed by atoms with van der Waals surface area (Å²) in [6.45, 7) is 16.0. The van der Waals surface area contributed by atoms with Crippen LogP contribution in [0.3, 0.4) is 0 Å². The molecule has 4 amide bonds. The maximum atomic E-state index is 13.3. The molecule has 0 saturated carbocycles. The lowest BCUT2D eigenvalue weighted by molar-refractivity contribution is -0.115. The number of pyridine rings is 2. The van der Waals surface area contributed by atoms with Gasteiger partial charge in [0.05, 0.1) is 23.4 Å². The van der Waals surface area contributed by atoms with Gasteiger partial charge in [0.1, 0.15) is 45.4 Å². The van der Waals surface area contributed by atoms with Crippen molar-refractivity contribution in [2.45, 2.75) is 85.1 Å². The van der Waals surface area contributed by atoms with E-state index in [0.717, 1.165) is 49.7 Å². The number of hydrogen-bond acceptors (Lipinski definition) is 8. The van der Waals surface area contributed by atoms with Crippen LogP contribution in [-0.4, -0.2) is 101 Å². The fraction of sp³-hybridized carbons (Fsp3) is 0.412. The highest BCUT2D eigenvalue weighted by atomic mass is 127. The van der Waals surface area contributed by atoms with Crippen molar-refractivity contribution in [2.24, 2.45) is 11.8 Å². The van der Waals surface area contributed by atoms with Gasteiger partial charge in [-0.2, -0.15) is 9.97 Å². The van der Waals surface area contributed by atoms with E-state index in [-0.39, 0.29) is 47.0 Å². The first kappa shape index (κ1) is 55.0. The third kappa shape index (κ3) is 17.5. The molecule has 0 bridgehead atoms. The van der Waals surface area contributed by atoms with Crippen LogP contribution in [0.1, 0.15) is 76.9 Å². The number of aromatic nitrogens is 2. The monoisotopic (exact) mass is 1080 g/mol. The summed E-state index contributed by atoms with van der Waals surface area (Å²) in [6.07, 6.45) is 10.4. The van der Waals surface area contributed by atoms with Crippen molar-refractivity contribution in [1.82, 2.24) is 19.8 Å². The summed E-state index contributed by atoms with van der Waals surface area (Å²) >= 11 is 2.04. The number of nitrogens with one attached hydrogen (secondary N) is 2. The number of rotatable bonds is 10. The number of ether oxygens (including phenoxy) is 2. The summed E-state index contributed by atoms with van der Waals surface area (Å²) < 4.78 is 37.6. The topological polar surface area (TPSA) is 143 Å². The van der Waals surface area contributed by atoms with E-state index in [1.165, 1.54) is 52.3 Å². The minimum absolute atomic E-state index is 0.123. The maximum absolute atomic E-state index is 13.3. The van der Waals surface area contributed by atoms with Gasteiger partial charge in [-0.3, -0.25) is 19.2 Å². The number of piperidine rings is 2. The largest absolute Gasteiger partial charge is 0.480 e. The van der Waals surface area contributed by atoms with E-state index in [2.05, 4.69) is 70.3 Å². The van der Waals surface area contributed by atoms with Gasteiger partial charge in [-0.15, -0.1) is 17.5 Å². The molecule has 4 heterocycles. The third-order valence-electron chi connectivity index (χ3n) is 11.0. The number of likely N-dealkylation sites (tertiary alicyclic amines) is 2. The molecule has 0 atom stereocenters. The van der Waals surface area contributed by atoms with Crippen molar-refractivity contribution < 1.29 is 37.4 Å². The molecular weight excluding hydrogens is 1010 g/mol. The number of carbonyl (C=O) groups is 4. The van der Waals surface area contributed by atoms with Gasteiger partial charge in [-0.25, -0.2) is 8.78 Å². The lowest BCUT2D eigenvalue weighted by atomic mass is 9.90. The minimum atomic E-state index is -1.17. The fourth-order valence-electron chi connectivity index (χ4n) is 7.35. The first-order chi connectivity index (χ1) is 32.2. The molecule has 2 N–H and O–H groups in total. The number of carbonyl (C=O) groups excluding carboxylic acids is 4. The standard InChI is InChI=1S/C25H30FN3O3Si.C21H23FIN3O3.C5H10Si/c1-17(30)27-23-20(11-14-33(3)4)16-22(24(28-23)32-2)25(31)29-12-9-19(10-13-29)15-18-5-7-21(26)8-6-18;1-13(27)24-19-18(23)12-17(20(25-19)29-2)21(28)26-9-7-15(8-10-26)11-14-3-5-16(22)6-4-14;1-5-6(2,3)4/h5-8,16,19,33H,9-10,12-13,15H2,1-4H3,(H,27,28,30);3-6,12,15H,7-11H2,1-2H3,(H,24,25,27);1H,2-4H3. The lowest BCUT2D eigenvalue weighted by Crippen LogP contribution is -2.39. The highest BCUT2D eigenvalue weighted by Crippen LogP contribution is 2.30. The maximum Gasteiger partial charge on any atom is 0.259 e. The van der Waals surface area contributed by atoms with Gasteiger partial charge in [-0.05, 0) is 120 Å². The molecule has 68 heavy (non-hydrogen) atoms. The Morgan fingerprint density at radius 3 is 1.49 bits per heavy atom. The van der Waals surface area contributed by atoms with Gasteiger partial charge in [-0.1, -0.05) is 62.9 Å². The van der Waals surface area contributed by atoms with Gasteiger partial charge >= 0.3 is 0 Å². The zero-order valence-corrected chi connectivity index (χ0v) is 44.8. The molecule has 2 saturated heterocycles. The Labute approximate surface area is 416 Å². The summed E-state index contributed by atoms with van der Waals surface area (Å²) in [4.78, 5) is 61.6. The predicted molar refractivity (Wildman–Crippen MR) is 278 cm³/mol. The lowest BCUT2D eigenvalue weighted by Gasteiger charge is -2.32. The van der Waals surface area contributed by atoms with Gasteiger partial charge < -0.3 is 29.9 Å². The molecule has 0 unspecified atom stereocenters. The van der Waals surface area contributed by atoms with Gasteiger partial charge in [0.25, 0.3) is 11.8 Å². The molecule has 2 aliphatic heterocycles. The van der Waals surface area contributed by atoms with Crippen LogP contribution < -0.4 is 20.1 Å². The number of amides is 4. The van der Waals surface area contributed by atoms with Crippen LogP contribution in [0, 0.1) is 50.5 Å². The normalized spacial score (nSPS) is 13.9. The van der Waals surface area contributed by atoms with Crippen molar-refractivity contribution in [1.29, 1.82) is 0 Å². The van der Waals surface area contributed by atoms with E-state index >= 15 is 0 Å². The SMILES string of the molecule is C#C[Si](C)(C)C.COc1nc(NC(C)=O)c(C#C[SiH](C)C)cc1C(=O)N1CCC(Cc2ccc(F)cc2)CC1.COc1nc(NC(C)=O)c(I)cc1C(=O)N1CCC(Cc2ccc(F)cc2)CC1. The highest BCUT2D eigenvalue weighted by Gasteiger charge is 2.29. The van der Waals surface area contributed by atoms with E-state index in [1.807, 2.05) is 56.7 Å². The molecule has 2 aromatic carbocycles. The summed E-state index contributed by atoms with van der Waals surface area (Å²) in [6, 6.07) is 16.6. The van der Waals surface area contributed by atoms with Crippen molar-refractivity contribution in [3.05, 3.63) is 104 Å². The molecule has 0 spiro atoms. The number of anilines is 2. The summed E-state index contributed by atoms with van der Waals surface area (Å²) in [5.41, 5.74) is 9.42. The molecule has 4 aromatic rings.